The van der Waals surface area contributed by atoms with Gasteiger partial charge in [-0.25, -0.2) is 19.3 Å². The molecule has 2 N–H and O–H groups in total. The quantitative estimate of drug-likeness (QED) is 0.509. The monoisotopic (exact) mass is 493 g/mol. The first kappa shape index (κ1) is 22.8. The highest BCUT2D eigenvalue weighted by Crippen LogP contribution is 2.40. The van der Waals surface area contributed by atoms with Crippen LogP contribution in [0.4, 0.5) is 10.3 Å². The van der Waals surface area contributed by atoms with E-state index in [2.05, 4.69) is 30.5 Å². The molecule has 0 spiro atoms. The maximum Gasteiger partial charge on any atom is 0.278 e. The molecule has 0 unspecified atom stereocenters. The number of nitrogens with zero attached hydrogens (tertiary/aromatic N) is 6. The Balaban J connectivity index is 1.25. The Morgan fingerprint density at radius 3 is 2.50 bits per heavy atom. The van der Waals surface area contributed by atoms with Crippen LogP contribution in [0, 0.1) is 0 Å². The lowest BCUT2D eigenvalue weighted by Gasteiger charge is -2.40. The average Bonchev–Trinajstić information content (AvgIpc) is 3.66. The van der Waals surface area contributed by atoms with E-state index >= 15 is 4.39 Å². The van der Waals surface area contributed by atoms with Crippen LogP contribution in [-0.2, 0) is 0 Å². The van der Waals surface area contributed by atoms with Gasteiger partial charge in [0.05, 0.1) is 38.3 Å². The molecule has 0 radical (unpaired) electrons. The van der Waals surface area contributed by atoms with Crippen molar-refractivity contribution in [2.75, 3.05) is 19.1 Å². The molecule has 10 nitrogen and oxygen atoms in total. The fourth-order valence-electron chi connectivity index (χ4n) is 5.37. The number of phenolic OH excluding ortho intramolecular Hbond substituents is 1. The number of halogens is 1. The zero-order chi connectivity index (χ0) is 24.8. The number of anilines is 1. The zero-order valence-electron chi connectivity index (χ0n) is 20.1. The van der Waals surface area contributed by atoms with E-state index in [0.29, 0.717) is 34.5 Å². The predicted octanol–water partition coefficient (Wildman–Crippen LogP) is 2.92. The second-order valence-corrected chi connectivity index (χ2v) is 9.58. The summed E-state index contributed by atoms with van der Waals surface area (Å²) in [6, 6.07) is 5.40. The van der Waals surface area contributed by atoms with E-state index in [-0.39, 0.29) is 35.6 Å². The molecule has 2 aromatic heterocycles. The number of benzene rings is 1. The smallest absolute Gasteiger partial charge is 0.278 e. The number of ether oxygens (including phenoxy) is 2. The Bertz CT molecular complexity index is 1260. The van der Waals surface area contributed by atoms with E-state index in [1.54, 1.807) is 30.6 Å². The van der Waals surface area contributed by atoms with Gasteiger partial charge in [-0.3, -0.25) is 0 Å². The number of alkyl halides is 1. The van der Waals surface area contributed by atoms with Gasteiger partial charge in [-0.1, -0.05) is 6.07 Å². The van der Waals surface area contributed by atoms with Crippen molar-refractivity contribution >= 4 is 5.95 Å². The lowest BCUT2D eigenvalue weighted by molar-refractivity contribution is 0.171. The predicted molar refractivity (Wildman–Crippen MR) is 130 cm³/mol. The van der Waals surface area contributed by atoms with Gasteiger partial charge >= 0.3 is 0 Å². The van der Waals surface area contributed by atoms with Gasteiger partial charge in [0, 0.05) is 29.3 Å². The summed E-state index contributed by atoms with van der Waals surface area (Å²) in [6.45, 7) is 0. The highest BCUT2D eigenvalue weighted by Gasteiger charge is 2.48. The Morgan fingerprint density at radius 2 is 1.81 bits per heavy atom. The standard InChI is InChI=1S/C25H28FN7O3/c1-35-23-24(36-2)30-18(11-27-23)13-3-7-16(21(34)9-13)19-12-28-25(32-31-19)33(15-5-6-15)20-10-14-4-8-17(29-14)22(20)26/h3,7,9,11-12,14-15,17,20,22,29,34H,4-6,8,10H2,1-2H3/t14-,17+,20-,22+/m1/s1. The first-order chi connectivity index (χ1) is 17.6. The van der Waals surface area contributed by atoms with Crippen molar-refractivity contribution in [2.45, 2.75) is 62.4 Å². The summed E-state index contributed by atoms with van der Waals surface area (Å²) in [5.74, 6) is 0.986. The largest absolute Gasteiger partial charge is 0.507 e. The van der Waals surface area contributed by atoms with Crippen molar-refractivity contribution in [1.82, 2.24) is 30.5 Å². The summed E-state index contributed by atoms with van der Waals surface area (Å²) in [6.07, 6.45) is 6.85. The molecule has 36 heavy (non-hydrogen) atoms. The number of nitrogens with one attached hydrogen (secondary N) is 1. The fraction of sp³-hybridized carbons (Fsp3) is 0.480. The minimum atomic E-state index is -0.955. The summed E-state index contributed by atoms with van der Waals surface area (Å²) >= 11 is 0. The fourth-order valence-corrected chi connectivity index (χ4v) is 5.37. The number of rotatable bonds is 7. The van der Waals surface area contributed by atoms with Crippen molar-refractivity contribution in [3.63, 3.8) is 0 Å². The number of methoxy groups -OCH3 is 2. The minimum Gasteiger partial charge on any atom is -0.507 e. The van der Waals surface area contributed by atoms with E-state index in [9.17, 15) is 5.11 Å². The van der Waals surface area contributed by atoms with Crippen LogP contribution in [0.2, 0.25) is 0 Å². The van der Waals surface area contributed by atoms with Crippen LogP contribution in [0.3, 0.4) is 0 Å². The van der Waals surface area contributed by atoms with Crippen molar-refractivity contribution in [2.24, 2.45) is 0 Å². The third-order valence-electron chi connectivity index (χ3n) is 7.30. The first-order valence-corrected chi connectivity index (χ1v) is 12.2. The van der Waals surface area contributed by atoms with Crippen LogP contribution in [0.5, 0.6) is 17.5 Å². The van der Waals surface area contributed by atoms with Crippen molar-refractivity contribution in [1.29, 1.82) is 0 Å². The second-order valence-electron chi connectivity index (χ2n) is 9.58. The topological polar surface area (TPSA) is 118 Å². The van der Waals surface area contributed by atoms with Crippen molar-refractivity contribution in [3.05, 3.63) is 30.6 Å². The normalized spacial score (nSPS) is 25.0. The lowest BCUT2D eigenvalue weighted by Crippen LogP contribution is -2.57. The molecule has 1 aliphatic carbocycles. The summed E-state index contributed by atoms with van der Waals surface area (Å²) in [5, 5.41) is 22.9. The Hall–Kier alpha value is -3.60. The van der Waals surface area contributed by atoms with Crippen LogP contribution in [0.1, 0.15) is 32.1 Å². The molecule has 2 aliphatic heterocycles. The van der Waals surface area contributed by atoms with Crippen molar-refractivity contribution < 1.29 is 19.0 Å². The van der Waals surface area contributed by atoms with Gasteiger partial charge in [0.25, 0.3) is 11.8 Å². The molecule has 4 atom stereocenters. The third-order valence-corrected chi connectivity index (χ3v) is 7.30. The Morgan fingerprint density at radius 1 is 1.00 bits per heavy atom. The second kappa shape index (κ2) is 9.12. The van der Waals surface area contributed by atoms with Crippen LogP contribution >= 0.6 is 0 Å². The van der Waals surface area contributed by atoms with E-state index in [4.69, 9.17) is 9.47 Å². The molecule has 11 heteroatoms. The van der Waals surface area contributed by atoms with Crippen LogP contribution < -0.4 is 19.7 Å². The van der Waals surface area contributed by atoms with Gasteiger partial charge in [-0.05, 0) is 44.2 Å². The van der Waals surface area contributed by atoms with Crippen molar-refractivity contribution in [3.8, 4) is 40.0 Å². The van der Waals surface area contributed by atoms with Gasteiger partial charge in [-0.2, -0.15) is 0 Å². The number of aromatic hydroxyl groups is 1. The summed E-state index contributed by atoms with van der Waals surface area (Å²) in [5.41, 5.74) is 2.08. The van der Waals surface area contributed by atoms with E-state index in [0.717, 1.165) is 32.1 Å². The lowest BCUT2D eigenvalue weighted by atomic mass is 9.96. The molecular formula is C25H28FN7O3. The van der Waals surface area contributed by atoms with E-state index in [1.807, 2.05) is 4.90 Å². The number of aromatic nitrogens is 5. The molecule has 2 saturated heterocycles. The average molecular weight is 494 g/mol. The van der Waals surface area contributed by atoms with Gasteiger partial charge in [-0.15, -0.1) is 10.2 Å². The van der Waals surface area contributed by atoms with Crippen LogP contribution in [0.15, 0.2) is 30.6 Å². The minimum absolute atomic E-state index is 0.00531. The molecule has 4 heterocycles. The molecule has 3 aromatic rings. The molecule has 1 aromatic carbocycles. The van der Waals surface area contributed by atoms with Crippen LogP contribution in [0.25, 0.3) is 22.5 Å². The van der Waals surface area contributed by atoms with Gasteiger partial charge in [0.15, 0.2) is 0 Å². The SMILES string of the molecule is COc1ncc(-c2ccc(-c3cnc(N(C4CC4)[C@@H]4C[C@H]5CC[C@H](N5)[C@@H]4F)nn3)c(O)c2)nc1OC. The van der Waals surface area contributed by atoms with Gasteiger partial charge in [0.2, 0.25) is 5.95 Å². The molecule has 6 rings (SSSR count). The summed E-state index contributed by atoms with van der Waals surface area (Å²) < 4.78 is 25.6. The molecule has 3 fully saturated rings. The highest BCUT2D eigenvalue weighted by molar-refractivity contribution is 5.72. The number of hydrogen-bond donors (Lipinski definition) is 2. The van der Waals surface area contributed by atoms with E-state index in [1.165, 1.54) is 14.2 Å². The third kappa shape index (κ3) is 4.06. The molecule has 2 bridgehead atoms. The molecule has 188 valence electrons. The molecule has 0 amide bonds. The Labute approximate surface area is 207 Å². The summed E-state index contributed by atoms with van der Waals surface area (Å²) in [4.78, 5) is 15.2. The van der Waals surface area contributed by atoms with Gasteiger partial charge in [0.1, 0.15) is 17.6 Å². The van der Waals surface area contributed by atoms with Gasteiger partial charge < -0.3 is 24.8 Å². The number of fused-ring (bicyclic) bond motifs is 2. The zero-order valence-corrected chi connectivity index (χ0v) is 20.1. The molecule has 1 saturated carbocycles. The first-order valence-electron chi connectivity index (χ1n) is 12.2. The number of piperidine rings is 1. The summed E-state index contributed by atoms with van der Waals surface area (Å²) in [7, 11) is 2.98. The molecule has 3 aliphatic rings. The Kier molecular flexibility index (Phi) is 5.79. The van der Waals surface area contributed by atoms with E-state index < -0.39 is 6.17 Å². The van der Waals surface area contributed by atoms with Crippen LogP contribution in [-0.4, -0.2) is 74.8 Å². The number of hydrogen-bond acceptors (Lipinski definition) is 10. The maximum atomic E-state index is 15.3. The maximum absolute atomic E-state index is 15.3. The highest BCUT2D eigenvalue weighted by atomic mass is 19.1. The molecular weight excluding hydrogens is 465 g/mol. The number of phenols is 1.